The molecule has 3 rings (SSSR count). The highest BCUT2D eigenvalue weighted by molar-refractivity contribution is 5.78. The Kier molecular flexibility index (Phi) is 2.00. The first kappa shape index (κ1) is 10.3. The largest absolute Gasteiger partial charge is 0.480 e. The van der Waals surface area contributed by atoms with Gasteiger partial charge in [0.25, 0.3) is 0 Å². The molecule has 3 N–H and O–H groups in total. The molecule has 0 aliphatic heterocycles. The summed E-state index contributed by atoms with van der Waals surface area (Å²) in [6.45, 7) is 0. The van der Waals surface area contributed by atoms with Crippen molar-refractivity contribution in [3.63, 3.8) is 0 Å². The molecule has 1 aliphatic rings. The van der Waals surface area contributed by atoms with Gasteiger partial charge in [0.15, 0.2) is 0 Å². The van der Waals surface area contributed by atoms with Crippen LogP contribution in [0.2, 0.25) is 0 Å². The molecule has 88 valence electrons. The van der Waals surface area contributed by atoms with Gasteiger partial charge in [-0.05, 0) is 25.0 Å². The molecule has 5 nitrogen and oxygen atoms in total. The number of carboxylic acids is 1. The highest BCUT2D eigenvalue weighted by Crippen LogP contribution is 2.51. The zero-order valence-electron chi connectivity index (χ0n) is 9.21. The van der Waals surface area contributed by atoms with E-state index in [1.165, 1.54) is 0 Å². The molecule has 2 aromatic heterocycles. The van der Waals surface area contributed by atoms with E-state index in [1.807, 2.05) is 24.4 Å². The molecule has 1 saturated carbocycles. The number of hydrogen-bond donors (Lipinski definition) is 2. The minimum absolute atomic E-state index is 0.422. The summed E-state index contributed by atoms with van der Waals surface area (Å²) in [4.78, 5) is 11.1. The van der Waals surface area contributed by atoms with E-state index in [9.17, 15) is 4.79 Å². The Morgan fingerprint density at radius 1 is 1.53 bits per heavy atom. The first-order valence-corrected chi connectivity index (χ1v) is 5.56. The number of pyridine rings is 1. The Balaban J connectivity index is 2.13. The SMILES string of the molecule is NC(C(=O)O)C1(c2cnn3ccccc23)CC1. The number of hydrogen-bond acceptors (Lipinski definition) is 3. The molecule has 1 aliphatic carbocycles. The highest BCUT2D eigenvalue weighted by Gasteiger charge is 2.53. The zero-order chi connectivity index (χ0) is 12.0. The number of fused-ring (bicyclic) bond motifs is 1. The Morgan fingerprint density at radius 3 is 2.94 bits per heavy atom. The molecule has 1 unspecified atom stereocenters. The number of nitrogens with two attached hydrogens (primary N) is 1. The van der Waals surface area contributed by atoms with Crippen LogP contribution in [-0.4, -0.2) is 26.7 Å². The van der Waals surface area contributed by atoms with Gasteiger partial charge in [-0.3, -0.25) is 4.79 Å². The number of carbonyl (C=O) groups is 1. The normalized spacial score (nSPS) is 19.1. The summed E-state index contributed by atoms with van der Waals surface area (Å²) in [5.74, 6) is -0.946. The maximum atomic E-state index is 11.1. The van der Waals surface area contributed by atoms with Crippen LogP contribution in [0, 0.1) is 0 Å². The van der Waals surface area contributed by atoms with Gasteiger partial charge in [-0.2, -0.15) is 5.10 Å². The molecule has 0 aromatic carbocycles. The molecule has 2 heterocycles. The van der Waals surface area contributed by atoms with E-state index in [0.717, 1.165) is 23.9 Å². The minimum Gasteiger partial charge on any atom is -0.480 e. The summed E-state index contributed by atoms with van der Waals surface area (Å²) >= 11 is 0. The van der Waals surface area contributed by atoms with E-state index in [1.54, 1.807) is 10.7 Å². The molecule has 0 bridgehead atoms. The maximum absolute atomic E-state index is 11.1. The van der Waals surface area contributed by atoms with Crippen molar-refractivity contribution in [1.29, 1.82) is 0 Å². The molecular formula is C12H13N3O2. The standard InChI is InChI=1S/C12H13N3O2/c13-10(11(16)17)12(4-5-12)8-7-14-15-6-2-1-3-9(8)15/h1-3,6-7,10H,4-5,13H2,(H,16,17). The number of aliphatic carboxylic acids is 1. The second kappa shape index (κ2) is 3.30. The highest BCUT2D eigenvalue weighted by atomic mass is 16.4. The number of rotatable bonds is 3. The summed E-state index contributed by atoms with van der Waals surface area (Å²) in [5.41, 5.74) is 7.28. The van der Waals surface area contributed by atoms with Crippen LogP contribution in [0.5, 0.6) is 0 Å². The lowest BCUT2D eigenvalue weighted by Gasteiger charge is -2.18. The average Bonchev–Trinajstić information content (AvgIpc) is 3.02. The third-order valence-corrected chi connectivity index (χ3v) is 3.61. The number of carboxylic acid groups (broad SMARTS) is 1. The Morgan fingerprint density at radius 2 is 2.29 bits per heavy atom. The van der Waals surface area contributed by atoms with Gasteiger partial charge in [0.2, 0.25) is 0 Å². The molecule has 1 atom stereocenters. The van der Waals surface area contributed by atoms with E-state index in [4.69, 9.17) is 10.8 Å². The summed E-state index contributed by atoms with van der Waals surface area (Å²) in [5, 5.41) is 13.3. The molecule has 0 amide bonds. The third-order valence-electron chi connectivity index (χ3n) is 3.61. The Labute approximate surface area is 97.9 Å². The van der Waals surface area contributed by atoms with E-state index >= 15 is 0 Å². The molecule has 17 heavy (non-hydrogen) atoms. The van der Waals surface area contributed by atoms with Crippen molar-refractivity contribution in [3.05, 3.63) is 36.2 Å². The second-order valence-electron chi connectivity index (χ2n) is 4.56. The van der Waals surface area contributed by atoms with Crippen molar-refractivity contribution in [2.24, 2.45) is 5.73 Å². The second-order valence-corrected chi connectivity index (χ2v) is 4.56. The van der Waals surface area contributed by atoms with Gasteiger partial charge in [0.05, 0.1) is 11.7 Å². The van der Waals surface area contributed by atoms with Crippen molar-refractivity contribution in [3.8, 4) is 0 Å². The predicted molar refractivity (Wildman–Crippen MR) is 61.7 cm³/mol. The lowest BCUT2D eigenvalue weighted by atomic mass is 9.89. The summed E-state index contributed by atoms with van der Waals surface area (Å²) in [7, 11) is 0. The van der Waals surface area contributed by atoms with Crippen molar-refractivity contribution < 1.29 is 9.90 Å². The van der Waals surface area contributed by atoms with Crippen LogP contribution in [0.15, 0.2) is 30.6 Å². The van der Waals surface area contributed by atoms with Gasteiger partial charge < -0.3 is 10.8 Å². The molecule has 1 fully saturated rings. The predicted octanol–water partition coefficient (Wildman–Crippen LogP) is 0.778. The topological polar surface area (TPSA) is 80.6 Å². The van der Waals surface area contributed by atoms with E-state index in [2.05, 4.69) is 5.10 Å². The van der Waals surface area contributed by atoms with Crippen LogP contribution in [0.3, 0.4) is 0 Å². The molecule has 2 aromatic rings. The first-order chi connectivity index (χ1) is 8.15. The van der Waals surface area contributed by atoms with Crippen LogP contribution in [0.1, 0.15) is 18.4 Å². The van der Waals surface area contributed by atoms with Crippen LogP contribution in [0.4, 0.5) is 0 Å². The van der Waals surface area contributed by atoms with Crippen LogP contribution in [0.25, 0.3) is 5.52 Å². The van der Waals surface area contributed by atoms with Crippen molar-refractivity contribution >= 4 is 11.5 Å². The van der Waals surface area contributed by atoms with E-state index in [-0.39, 0.29) is 0 Å². The third kappa shape index (κ3) is 1.36. The molecular weight excluding hydrogens is 218 g/mol. The van der Waals surface area contributed by atoms with Gasteiger partial charge in [0, 0.05) is 17.2 Å². The van der Waals surface area contributed by atoms with Gasteiger partial charge in [-0.1, -0.05) is 6.07 Å². The lowest BCUT2D eigenvalue weighted by molar-refractivity contribution is -0.139. The van der Waals surface area contributed by atoms with Gasteiger partial charge in [-0.25, -0.2) is 4.52 Å². The van der Waals surface area contributed by atoms with Crippen LogP contribution >= 0.6 is 0 Å². The number of aromatic nitrogens is 2. The molecule has 0 saturated heterocycles. The van der Waals surface area contributed by atoms with Crippen LogP contribution < -0.4 is 5.73 Å². The fourth-order valence-corrected chi connectivity index (χ4v) is 2.44. The van der Waals surface area contributed by atoms with Gasteiger partial charge in [-0.15, -0.1) is 0 Å². The number of nitrogens with zero attached hydrogens (tertiary/aromatic N) is 2. The van der Waals surface area contributed by atoms with E-state index < -0.39 is 17.4 Å². The smallest absolute Gasteiger partial charge is 0.321 e. The fraction of sp³-hybridized carbons (Fsp3) is 0.333. The molecule has 0 radical (unpaired) electrons. The zero-order valence-corrected chi connectivity index (χ0v) is 9.21. The summed E-state index contributed by atoms with van der Waals surface area (Å²) in [6.07, 6.45) is 5.22. The Hall–Kier alpha value is -1.88. The minimum atomic E-state index is -0.946. The lowest BCUT2D eigenvalue weighted by Crippen LogP contribution is -2.41. The van der Waals surface area contributed by atoms with Crippen molar-refractivity contribution in [2.75, 3.05) is 0 Å². The van der Waals surface area contributed by atoms with Gasteiger partial charge in [0.1, 0.15) is 6.04 Å². The van der Waals surface area contributed by atoms with Crippen molar-refractivity contribution in [1.82, 2.24) is 9.61 Å². The van der Waals surface area contributed by atoms with E-state index in [0.29, 0.717) is 0 Å². The summed E-state index contributed by atoms with van der Waals surface area (Å²) in [6, 6.07) is 4.90. The summed E-state index contributed by atoms with van der Waals surface area (Å²) < 4.78 is 1.75. The van der Waals surface area contributed by atoms with Gasteiger partial charge >= 0.3 is 5.97 Å². The maximum Gasteiger partial charge on any atom is 0.321 e. The quantitative estimate of drug-likeness (QED) is 0.817. The first-order valence-electron chi connectivity index (χ1n) is 5.56. The van der Waals surface area contributed by atoms with Crippen molar-refractivity contribution in [2.45, 2.75) is 24.3 Å². The molecule has 5 heteroatoms. The Bertz CT molecular complexity index is 586. The average molecular weight is 231 g/mol. The monoisotopic (exact) mass is 231 g/mol. The fourth-order valence-electron chi connectivity index (χ4n) is 2.44. The molecule has 0 spiro atoms. The van der Waals surface area contributed by atoms with Crippen LogP contribution in [-0.2, 0) is 10.2 Å².